The van der Waals surface area contributed by atoms with E-state index >= 15 is 0 Å². The molecule has 0 bridgehead atoms. The van der Waals surface area contributed by atoms with Gasteiger partial charge in [-0.2, -0.15) is 5.26 Å². The van der Waals surface area contributed by atoms with Crippen molar-refractivity contribution in [3.63, 3.8) is 0 Å². The molecule has 5 heteroatoms. The van der Waals surface area contributed by atoms with Crippen molar-refractivity contribution in [3.8, 4) is 6.07 Å². The van der Waals surface area contributed by atoms with Crippen LogP contribution in [0, 0.1) is 11.3 Å². The molecular weight excluding hydrogens is 228 g/mol. The molecule has 5 nitrogen and oxygen atoms in total. The summed E-state index contributed by atoms with van der Waals surface area (Å²) >= 11 is 0. The summed E-state index contributed by atoms with van der Waals surface area (Å²) in [6.07, 6.45) is 2.08. The van der Waals surface area contributed by atoms with Crippen molar-refractivity contribution in [1.82, 2.24) is 15.2 Å². The summed E-state index contributed by atoms with van der Waals surface area (Å²) in [5, 5.41) is 11.7. The third-order valence-electron chi connectivity index (χ3n) is 3.06. The fraction of sp³-hybridized carbons (Fsp3) is 0.462. The lowest BCUT2D eigenvalue weighted by Crippen LogP contribution is -2.46. The zero-order chi connectivity index (χ0) is 13.0. The third kappa shape index (κ3) is 3.05. The van der Waals surface area contributed by atoms with E-state index in [4.69, 9.17) is 5.26 Å². The molecule has 2 rings (SSSR count). The Hall–Kier alpha value is -1.93. The first-order chi connectivity index (χ1) is 8.69. The van der Waals surface area contributed by atoms with Gasteiger partial charge in [0.1, 0.15) is 17.5 Å². The van der Waals surface area contributed by atoms with Crippen LogP contribution in [0.2, 0.25) is 0 Å². The van der Waals surface area contributed by atoms with Gasteiger partial charge in [-0.25, -0.2) is 4.98 Å². The van der Waals surface area contributed by atoms with Gasteiger partial charge in [0, 0.05) is 12.6 Å². The minimum absolute atomic E-state index is 0.170. The standard InChI is InChI=1S/C13H16N4O/c1-17-7-3-5-11(9-17)16-13(18)12-6-2-4-10(8-14)15-12/h2,4,6,11H,3,5,7,9H2,1H3,(H,16,18). The van der Waals surface area contributed by atoms with Crippen LogP contribution in [0.4, 0.5) is 0 Å². The topological polar surface area (TPSA) is 69.0 Å². The molecule has 1 unspecified atom stereocenters. The molecule has 1 atom stereocenters. The van der Waals surface area contributed by atoms with Crippen molar-refractivity contribution in [2.45, 2.75) is 18.9 Å². The number of nitriles is 1. The Morgan fingerprint density at radius 3 is 3.17 bits per heavy atom. The van der Waals surface area contributed by atoms with Crippen LogP contribution in [0.3, 0.4) is 0 Å². The van der Waals surface area contributed by atoms with Crippen LogP contribution >= 0.6 is 0 Å². The van der Waals surface area contributed by atoms with E-state index in [9.17, 15) is 4.79 Å². The number of rotatable bonds is 2. The number of hydrogen-bond donors (Lipinski definition) is 1. The lowest BCUT2D eigenvalue weighted by Gasteiger charge is -2.30. The van der Waals surface area contributed by atoms with Crippen molar-refractivity contribution >= 4 is 5.91 Å². The Labute approximate surface area is 106 Å². The van der Waals surface area contributed by atoms with Crippen molar-refractivity contribution in [1.29, 1.82) is 5.26 Å². The van der Waals surface area contributed by atoms with Crippen molar-refractivity contribution in [2.24, 2.45) is 0 Å². The summed E-state index contributed by atoms with van der Waals surface area (Å²) in [5.74, 6) is -0.201. The number of hydrogen-bond acceptors (Lipinski definition) is 4. The number of likely N-dealkylation sites (tertiary alicyclic amines) is 1. The van der Waals surface area contributed by atoms with Gasteiger partial charge in [-0.15, -0.1) is 0 Å². The van der Waals surface area contributed by atoms with E-state index in [2.05, 4.69) is 15.2 Å². The van der Waals surface area contributed by atoms with Gasteiger partial charge in [0.2, 0.25) is 0 Å². The maximum Gasteiger partial charge on any atom is 0.270 e. The van der Waals surface area contributed by atoms with Gasteiger partial charge >= 0.3 is 0 Å². The monoisotopic (exact) mass is 244 g/mol. The number of likely N-dealkylation sites (N-methyl/N-ethyl adjacent to an activating group) is 1. The number of pyridine rings is 1. The maximum atomic E-state index is 12.0. The van der Waals surface area contributed by atoms with Crippen molar-refractivity contribution < 1.29 is 4.79 Å². The Bertz CT molecular complexity index is 480. The fourth-order valence-corrected chi connectivity index (χ4v) is 2.17. The Balaban J connectivity index is 2.01. The predicted molar refractivity (Wildman–Crippen MR) is 66.9 cm³/mol. The SMILES string of the molecule is CN1CCCC(NC(=O)c2cccc(C#N)n2)C1. The summed E-state index contributed by atoms with van der Waals surface area (Å²) in [6, 6.07) is 6.99. The summed E-state index contributed by atoms with van der Waals surface area (Å²) in [7, 11) is 2.05. The highest BCUT2D eigenvalue weighted by Gasteiger charge is 2.20. The van der Waals surface area contributed by atoms with E-state index in [1.54, 1.807) is 18.2 Å². The van der Waals surface area contributed by atoms with Crippen LogP contribution in [0.15, 0.2) is 18.2 Å². The number of carbonyl (C=O) groups excluding carboxylic acids is 1. The van der Waals surface area contributed by atoms with Crippen LogP contribution in [0.25, 0.3) is 0 Å². The molecule has 2 heterocycles. The molecule has 94 valence electrons. The molecule has 18 heavy (non-hydrogen) atoms. The number of amides is 1. The van der Waals surface area contributed by atoms with Gasteiger partial charge in [-0.05, 0) is 38.6 Å². The van der Waals surface area contributed by atoms with Gasteiger partial charge in [0.15, 0.2) is 0 Å². The molecule has 0 aromatic carbocycles. The predicted octanol–water partition coefficient (Wildman–Crippen LogP) is 0.777. The van der Waals surface area contributed by atoms with Gasteiger partial charge in [-0.3, -0.25) is 4.79 Å². The maximum absolute atomic E-state index is 12.0. The molecule has 0 spiro atoms. The molecule has 1 amide bonds. The molecule has 1 saturated heterocycles. The number of aromatic nitrogens is 1. The molecule has 1 fully saturated rings. The second-order valence-corrected chi connectivity index (χ2v) is 4.59. The molecule has 0 radical (unpaired) electrons. The third-order valence-corrected chi connectivity index (χ3v) is 3.06. The van der Waals surface area contributed by atoms with Gasteiger partial charge in [-0.1, -0.05) is 6.07 Å². The first-order valence-electron chi connectivity index (χ1n) is 6.05. The van der Waals surface area contributed by atoms with Crippen LogP contribution in [-0.2, 0) is 0 Å². The Morgan fingerprint density at radius 2 is 2.44 bits per heavy atom. The lowest BCUT2D eigenvalue weighted by atomic mass is 10.1. The molecule has 0 aliphatic carbocycles. The number of nitrogens with zero attached hydrogens (tertiary/aromatic N) is 3. The highest BCUT2D eigenvalue weighted by atomic mass is 16.1. The van der Waals surface area contributed by atoms with Gasteiger partial charge < -0.3 is 10.2 Å². The zero-order valence-corrected chi connectivity index (χ0v) is 10.4. The number of nitrogens with one attached hydrogen (secondary N) is 1. The van der Waals surface area contributed by atoms with E-state index in [1.807, 2.05) is 13.1 Å². The average Bonchev–Trinajstić information content (AvgIpc) is 2.39. The highest BCUT2D eigenvalue weighted by molar-refractivity contribution is 5.92. The van der Waals surface area contributed by atoms with Crippen LogP contribution in [0.1, 0.15) is 29.0 Å². The number of carbonyl (C=O) groups is 1. The zero-order valence-electron chi connectivity index (χ0n) is 10.4. The lowest BCUT2D eigenvalue weighted by molar-refractivity contribution is 0.0907. The second kappa shape index (κ2) is 5.61. The fourth-order valence-electron chi connectivity index (χ4n) is 2.17. The first kappa shape index (κ1) is 12.5. The van der Waals surface area contributed by atoms with Crippen molar-refractivity contribution in [2.75, 3.05) is 20.1 Å². The van der Waals surface area contributed by atoms with E-state index in [1.165, 1.54) is 0 Å². The number of piperidine rings is 1. The largest absolute Gasteiger partial charge is 0.347 e. The van der Waals surface area contributed by atoms with E-state index < -0.39 is 0 Å². The molecule has 1 aliphatic rings. The smallest absolute Gasteiger partial charge is 0.270 e. The molecule has 1 aromatic heterocycles. The minimum atomic E-state index is -0.201. The molecule has 1 aromatic rings. The Morgan fingerprint density at radius 1 is 1.61 bits per heavy atom. The molecular formula is C13H16N4O. The van der Waals surface area contributed by atoms with E-state index in [-0.39, 0.29) is 17.6 Å². The summed E-state index contributed by atoms with van der Waals surface area (Å²) in [5.41, 5.74) is 0.575. The molecule has 1 aliphatic heterocycles. The highest BCUT2D eigenvalue weighted by Crippen LogP contribution is 2.08. The minimum Gasteiger partial charge on any atom is -0.347 e. The second-order valence-electron chi connectivity index (χ2n) is 4.59. The van der Waals surface area contributed by atoms with Crippen LogP contribution in [0.5, 0.6) is 0 Å². The van der Waals surface area contributed by atoms with Gasteiger partial charge in [0.25, 0.3) is 5.91 Å². The van der Waals surface area contributed by atoms with Crippen molar-refractivity contribution in [3.05, 3.63) is 29.6 Å². The first-order valence-corrected chi connectivity index (χ1v) is 6.05. The van der Waals surface area contributed by atoms with E-state index in [0.29, 0.717) is 5.69 Å². The molecule has 1 N–H and O–H groups in total. The average molecular weight is 244 g/mol. The Kier molecular flexibility index (Phi) is 3.90. The molecule has 0 saturated carbocycles. The quantitative estimate of drug-likeness (QED) is 0.834. The van der Waals surface area contributed by atoms with Crippen LogP contribution < -0.4 is 5.32 Å². The van der Waals surface area contributed by atoms with Gasteiger partial charge in [0.05, 0.1) is 0 Å². The van der Waals surface area contributed by atoms with Crippen LogP contribution in [-0.4, -0.2) is 42.0 Å². The summed E-state index contributed by atoms with van der Waals surface area (Å²) in [4.78, 5) is 18.2. The van der Waals surface area contributed by atoms with E-state index in [0.717, 1.165) is 25.9 Å². The normalized spacial score (nSPS) is 20.1. The summed E-state index contributed by atoms with van der Waals surface area (Å²) in [6.45, 7) is 1.94. The summed E-state index contributed by atoms with van der Waals surface area (Å²) < 4.78 is 0.